The fraction of sp³-hybridized carbons (Fsp3) is 0.647. The third kappa shape index (κ3) is 3.90. The van der Waals surface area contributed by atoms with Gasteiger partial charge in [0.05, 0.1) is 10.0 Å². The Labute approximate surface area is 133 Å². The van der Waals surface area contributed by atoms with E-state index in [1.165, 1.54) is 50.5 Å². The molecule has 1 nitrogen and oxygen atoms in total. The van der Waals surface area contributed by atoms with Gasteiger partial charge in [0.25, 0.3) is 0 Å². The molecule has 0 N–H and O–H groups in total. The highest BCUT2D eigenvalue weighted by molar-refractivity contribution is 6.42. The van der Waals surface area contributed by atoms with E-state index in [-0.39, 0.29) is 0 Å². The summed E-state index contributed by atoms with van der Waals surface area (Å²) in [5.41, 5.74) is 1.72. The van der Waals surface area contributed by atoms with Crippen LogP contribution in [0.4, 0.5) is 0 Å². The van der Waals surface area contributed by atoms with Crippen LogP contribution in [0.15, 0.2) is 18.2 Å². The van der Waals surface area contributed by atoms with E-state index in [0.29, 0.717) is 15.5 Å². The van der Waals surface area contributed by atoms with E-state index in [1.807, 2.05) is 6.07 Å². The zero-order valence-electron chi connectivity index (χ0n) is 12.6. The summed E-state index contributed by atoms with van der Waals surface area (Å²) in [7, 11) is 4.29. The van der Waals surface area contributed by atoms with Crippen LogP contribution in [0, 0.1) is 0 Å². The van der Waals surface area contributed by atoms with Gasteiger partial charge in [-0.2, -0.15) is 0 Å². The first-order chi connectivity index (χ1) is 9.53. The van der Waals surface area contributed by atoms with Crippen molar-refractivity contribution in [3.63, 3.8) is 0 Å². The third-order valence-corrected chi connectivity index (χ3v) is 5.34. The molecule has 1 aliphatic carbocycles. The number of hydrogen-bond acceptors (Lipinski definition) is 1. The summed E-state index contributed by atoms with van der Waals surface area (Å²) in [6, 6.07) is 6.25. The van der Waals surface area contributed by atoms with Gasteiger partial charge < -0.3 is 4.90 Å². The molecule has 0 unspecified atom stereocenters. The molecular weight excluding hydrogens is 289 g/mol. The maximum Gasteiger partial charge on any atom is 0.0595 e. The van der Waals surface area contributed by atoms with Gasteiger partial charge in [-0.15, -0.1) is 0 Å². The molecule has 0 radical (unpaired) electrons. The van der Waals surface area contributed by atoms with Gasteiger partial charge in [-0.25, -0.2) is 0 Å². The largest absolute Gasteiger partial charge is 0.309 e. The molecule has 0 spiro atoms. The molecule has 0 atom stereocenters. The van der Waals surface area contributed by atoms with Crippen molar-refractivity contribution in [2.45, 2.75) is 50.4 Å². The molecule has 0 amide bonds. The summed E-state index contributed by atoms with van der Waals surface area (Å²) >= 11 is 12.3. The Hall–Kier alpha value is -0.240. The summed E-state index contributed by atoms with van der Waals surface area (Å²) in [5, 5.41) is 1.36. The lowest BCUT2D eigenvalue weighted by Crippen LogP contribution is -2.30. The summed E-state index contributed by atoms with van der Waals surface area (Å²) in [4.78, 5) is 2.27. The first-order valence-corrected chi connectivity index (χ1v) is 8.39. The van der Waals surface area contributed by atoms with Crippen LogP contribution in [0.1, 0.15) is 50.5 Å². The fourth-order valence-electron chi connectivity index (χ4n) is 3.47. The molecule has 112 valence electrons. The van der Waals surface area contributed by atoms with Gasteiger partial charge in [-0.3, -0.25) is 0 Å². The van der Waals surface area contributed by atoms with Crippen molar-refractivity contribution in [1.29, 1.82) is 0 Å². The van der Waals surface area contributed by atoms with Crippen LogP contribution in [-0.2, 0) is 5.41 Å². The molecule has 0 heterocycles. The molecule has 0 saturated heterocycles. The van der Waals surface area contributed by atoms with E-state index in [0.717, 1.165) is 6.54 Å². The van der Waals surface area contributed by atoms with E-state index >= 15 is 0 Å². The fourth-order valence-corrected chi connectivity index (χ4v) is 3.77. The summed E-state index contributed by atoms with van der Waals surface area (Å²) in [6.45, 7) is 1.16. The van der Waals surface area contributed by atoms with E-state index < -0.39 is 0 Å². The van der Waals surface area contributed by atoms with Crippen LogP contribution in [0.25, 0.3) is 0 Å². The molecule has 0 bridgehead atoms. The second kappa shape index (κ2) is 7.15. The molecule has 20 heavy (non-hydrogen) atoms. The van der Waals surface area contributed by atoms with Crippen molar-refractivity contribution in [1.82, 2.24) is 4.90 Å². The second-order valence-corrected chi connectivity index (χ2v) is 7.19. The zero-order chi connectivity index (χ0) is 14.6. The SMILES string of the molecule is CN(C)CCCC1(c2ccc(Cl)c(Cl)c2)CCCCC1. The van der Waals surface area contributed by atoms with Gasteiger partial charge in [0, 0.05) is 0 Å². The number of benzene rings is 1. The molecule has 1 aliphatic rings. The Morgan fingerprint density at radius 1 is 1.05 bits per heavy atom. The monoisotopic (exact) mass is 313 g/mol. The molecule has 2 rings (SSSR count). The van der Waals surface area contributed by atoms with Gasteiger partial charge >= 0.3 is 0 Å². The second-order valence-electron chi connectivity index (χ2n) is 6.38. The lowest BCUT2D eigenvalue weighted by Gasteiger charge is -2.38. The van der Waals surface area contributed by atoms with Crippen molar-refractivity contribution in [2.75, 3.05) is 20.6 Å². The normalized spacial score (nSPS) is 18.4. The predicted octanol–water partition coefficient (Wildman–Crippen LogP) is 5.54. The van der Waals surface area contributed by atoms with Crippen LogP contribution >= 0.6 is 23.2 Å². The number of hydrogen-bond donors (Lipinski definition) is 0. The topological polar surface area (TPSA) is 3.24 Å². The van der Waals surface area contributed by atoms with E-state index in [9.17, 15) is 0 Å². The van der Waals surface area contributed by atoms with Crippen molar-refractivity contribution in [3.8, 4) is 0 Å². The highest BCUT2D eigenvalue weighted by Gasteiger charge is 2.33. The number of rotatable bonds is 5. The maximum absolute atomic E-state index is 6.24. The highest BCUT2D eigenvalue weighted by atomic mass is 35.5. The molecule has 1 fully saturated rings. The lowest BCUT2D eigenvalue weighted by molar-refractivity contribution is 0.255. The van der Waals surface area contributed by atoms with Gasteiger partial charge in [0.15, 0.2) is 0 Å². The van der Waals surface area contributed by atoms with Crippen LogP contribution in [-0.4, -0.2) is 25.5 Å². The highest BCUT2D eigenvalue weighted by Crippen LogP contribution is 2.44. The standard InChI is InChI=1S/C17H25Cl2N/c1-20(2)12-6-11-17(9-4-3-5-10-17)14-7-8-15(18)16(19)13-14/h7-8,13H,3-6,9-12H2,1-2H3. The quantitative estimate of drug-likeness (QED) is 0.690. The minimum absolute atomic E-state index is 0.322. The van der Waals surface area contributed by atoms with Crippen LogP contribution in [0.5, 0.6) is 0 Å². The Balaban J connectivity index is 2.19. The smallest absolute Gasteiger partial charge is 0.0595 e. The third-order valence-electron chi connectivity index (χ3n) is 4.60. The van der Waals surface area contributed by atoms with E-state index in [1.54, 1.807) is 0 Å². The first-order valence-electron chi connectivity index (χ1n) is 7.64. The van der Waals surface area contributed by atoms with Crippen molar-refractivity contribution in [2.24, 2.45) is 0 Å². The average molecular weight is 314 g/mol. The van der Waals surface area contributed by atoms with Gasteiger partial charge in [0.1, 0.15) is 0 Å². The Kier molecular flexibility index (Phi) is 5.77. The lowest BCUT2D eigenvalue weighted by atomic mass is 9.67. The zero-order valence-corrected chi connectivity index (χ0v) is 14.1. The van der Waals surface area contributed by atoms with E-state index in [4.69, 9.17) is 23.2 Å². The molecule has 0 aromatic heterocycles. The Morgan fingerprint density at radius 3 is 2.35 bits per heavy atom. The maximum atomic E-state index is 6.24. The molecular formula is C17H25Cl2N. The molecule has 1 saturated carbocycles. The van der Waals surface area contributed by atoms with Gasteiger partial charge in [0.2, 0.25) is 0 Å². The van der Waals surface area contributed by atoms with Crippen molar-refractivity contribution < 1.29 is 0 Å². The molecule has 3 heteroatoms. The average Bonchev–Trinajstić information content (AvgIpc) is 2.42. The number of nitrogens with zero attached hydrogens (tertiary/aromatic N) is 1. The first kappa shape index (κ1) is 16.1. The van der Waals surface area contributed by atoms with Gasteiger partial charge in [-0.1, -0.05) is 48.5 Å². The van der Waals surface area contributed by atoms with E-state index in [2.05, 4.69) is 31.1 Å². The van der Waals surface area contributed by atoms with Crippen LogP contribution in [0.3, 0.4) is 0 Å². The predicted molar refractivity (Wildman–Crippen MR) is 89.0 cm³/mol. The van der Waals surface area contributed by atoms with Crippen molar-refractivity contribution in [3.05, 3.63) is 33.8 Å². The molecule has 0 aliphatic heterocycles. The minimum atomic E-state index is 0.322. The Morgan fingerprint density at radius 2 is 1.75 bits per heavy atom. The Bertz CT molecular complexity index is 437. The summed E-state index contributed by atoms with van der Waals surface area (Å²) in [5.74, 6) is 0. The summed E-state index contributed by atoms with van der Waals surface area (Å²) in [6.07, 6.45) is 9.12. The van der Waals surface area contributed by atoms with Crippen LogP contribution < -0.4 is 0 Å². The molecule has 1 aromatic carbocycles. The van der Waals surface area contributed by atoms with Crippen LogP contribution in [0.2, 0.25) is 10.0 Å². The minimum Gasteiger partial charge on any atom is -0.309 e. The van der Waals surface area contributed by atoms with Crippen molar-refractivity contribution >= 4 is 23.2 Å². The summed E-state index contributed by atoms with van der Waals surface area (Å²) < 4.78 is 0. The van der Waals surface area contributed by atoms with Gasteiger partial charge in [-0.05, 0) is 69.4 Å². The molecule has 1 aromatic rings. The number of halogens is 2.